The van der Waals surface area contributed by atoms with Crippen molar-refractivity contribution in [3.63, 3.8) is 0 Å². The molecule has 170 valence electrons. The Morgan fingerprint density at radius 2 is 1.82 bits per heavy atom. The van der Waals surface area contributed by atoms with E-state index in [-0.39, 0.29) is 5.75 Å². The van der Waals surface area contributed by atoms with Crippen molar-refractivity contribution in [3.8, 4) is 17.2 Å². The third-order valence-electron chi connectivity index (χ3n) is 5.11. The topological polar surface area (TPSA) is 63.4 Å². The van der Waals surface area contributed by atoms with Crippen LogP contribution in [0.2, 0.25) is 5.02 Å². The van der Waals surface area contributed by atoms with Gasteiger partial charge in [0.1, 0.15) is 11.5 Å². The van der Waals surface area contributed by atoms with Crippen LogP contribution in [0.5, 0.6) is 11.5 Å². The molecule has 4 rings (SSSR count). The minimum atomic E-state index is 0.288. The maximum Gasteiger partial charge on any atom is 0.196 e. The Bertz CT molecular complexity index is 1230. The molecule has 0 aliphatic heterocycles. The number of rotatable bonds is 9. The first-order valence-electron chi connectivity index (χ1n) is 10.4. The van der Waals surface area contributed by atoms with E-state index in [1.807, 2.05) is 73.8 Å². The van der Waals surface area contributed by atoms with Crippen molar-refractivity contribution in [2.75, 3.05) is 14.2 Å². The first-order valence-corrected chi connectivity index (χ1v) is 11.8. The lowest BCUT2D eigenvalue weighted by atomic mass is 10.2. The predicted octanol–water partition coefficient (Wildman–Crippen LogP) is 5.56. The summed E-state index contributed by atoms with van der Waals surface area (Å²) in [6, 6.07) is 23.0. The minimum Gasteiger partial charge on any atom is -0.508 e. The first kappa shape index (κ1) is 23.2. The van der Waals surface area contributed by atoms with Gasteiger partial charge in [0.2, 0.25) is 0 Å². The highest BCUT2D eigenvalue weighted by Crippen LogP contribution is 2.28. The van der Waals surface area contributed by atoms with Crippen molar-refractivity contribution < 1.29 is 9.84 Å². The molecule has 0 aliphatic carbocycles. The molecule has 1 aromatic heterocycles. The molecule has 0 amide bonds. The predicted molar refractivity (Wildman–Crippen MR) is 132 cm³/mol. The standard InChI is InChI=1S/C25H25ClN4O2S/c1-29(15-19-8-3-4-12-23(19)31)16-24-27-28-25(33-17-18-7-5-9-20(26)13-18)30(24)21-10-6-11-22(14-21)32-2/h3-14,31H,15-17H2,1-2H3. The number of nitrogens with zero attached hydrogens (tertiary/aromatic N) is 4. The normalized spacial score (nSPS) is 11.2. The summed E-state index contributed by atoms with van der Waals surface area (Å²) in [6.07, 6.45) is 0. The number of benzene rings is 3. The Hall–Kier alpha value is -3.00. The summed E-state index contributed by atoms with van der Waals surface area (Å²) in [5.41, 5.74) is 2.91. The second-order valence-corrected chi connectivity index (χ2v) is 9.03. The third-order valence-corrected chi connectivity index (χ3v) is 6.35. The molecule has 0 unspecified atom stereocenters. The smallest absolute Gasteiger partial charge is 0.196 e. The summed E-state index contributed by atoms with van der Waals surface area (Å²) in [5, 5.41) is 20.6. The highest BCUT2D eigenvalue weighted by Gasteiger charge is 2.17. The molecule has 0 bridgehead atoms. The largest absolute Gasteiger partial charge is 0.508 e. The number of halogens is 1. The highest BCUT2D eigenvalue weighted by atomic mass is 35.5. The summed E-state index contributed by atoms with van der Waals surface area (Å²) in [7, 11) is 3.65. The summed E-state index contributed by atoms with van der Waals surface area (Å²) in [5.74, 6) is 2.57. The van der Waals surface area contributed by atoms with Crippen molar-refractivity contribution in [1.82, 2.24) is 19.7 Å². The summed E-state index contributed by atoms with van der Waals surface area (Å²) in [4.78, 5) is 2.10. The molecule has 0 fully saturated rings. The average molecular weight is 481 g/mol. The number of phenols is 1. The van der Waals surface area contributed by atoms with Crippen LogP contribution in [0.15, 0.2) is 78.0 Å². The first-order chi connectivity index (χ1) is 16.0. The van der Waals surface area contributed by atoms with Gasteiger partial charge in [0, 0.05) is 29.0 Å². The molecule has 4 aromatic rings. The lowest BCUT2D eigenvalue weighted by Gasteiger charge is -2.18. The molecule has 0 saturated heterocycles. The SMILES string of the molecule is COc1cccc(-n2c(CN(C)Cc3ccccc3O)nnc2SCc2cccc(Cl)c2)c1. The van der Waals surface area contributed by atoms with Crippen LogP contribution >= 0.6 is 23.4 Å². The van der Waals surface area contributed by atoms with Gasteiger partial charge in [-0.2, -0.15) is 0 Å². The second-order valence-electron chi connectivity index (χ2n) is 7.66. The van der Waals surface area contributed by atoms with Crippen LogP contribution in [0.25, 0.3) is 5.69 Å². The van der Waals surface area contributed by atoms with Gasteiger partial charge in [-0.3, -0.25) is 9.47 Å². The Morgan fingerprint density at radius 3 is 2.61 bits per heavy atom. The van der Waals surface area contributed by atoms with Crippen LogP contribution in [-0.2, 0) is 18.8 Å². The number of ether oxygens (including phenoxy) is 1. The van der Waals surface area contributed by atoms with E-state index in [0.29, 0.717) is 18.1 Å². The van der Waals surface area contributed by atoms with Crippen molar-refractivity contribution >= 4 is 23.4 Å². The number of aromatic nitrogens is 3. The van der Waals surface area contributed by atoms with Gasteiger partial charge in [-0.05, 0) is 42.9 Å². The zero-order valence-electron chi connectivity index (χ0n) is 18.5. The number of hydrogen-bond acceptors (Lipinski definition) is 6. The van der Waals surface area contributed by atoms with E-state index in [4.69, 9.17) is 16.3 Å². The van der Waals surface area contributed by atoms with Crippen LogP contribution in [0, 0.1) is 0 Å². The van der Waals surface area contributed by atoms with E-state index in [0.717, 1.165) is 39.3 Å². The second kappa shape index (κ2) is 10.7. The third kappa shape index (κ3) is 5.87. The van der Waals surface area contributed by atoms with Crippen LogP contribution in [0.4, 0.5) is 0 Å². The zero-order chi connectivity index (χ0) is 23.2. The molecule has 0 atom stereocenters. The van der Waals surface area contributed by atoms with Crippen molar-refractivity contribution in [2.24, 2.45) is 0 Å². The van der Waals surface area contributed by atoms with Gasteiger partial charge >= 0.3 is 0 Å². The number of thioether (sulfide) groups is 1. The highest BCUT2D eigenvalue weighted by molar-refractivity contribution is 7.98. The molecular formula is C25H25ClN4O2S. The maximum absolute atomic E-state index is 10.1. The van der Waals surface area contributed by atoms with Gasteiger partial charge in [0.05, 0.1) is 19.3 Å². The van der Waals surface area contributed by atoms with Gasteiger partial charge in [-0.25, -0.2) is 0 Å². The van der Waals surface area contributed by atoms with Gasteiger partial charge in [0.25, 0.3) is 0 Å². The van der Waals surface area contributed by atoms with Gasteiger partial charge in [-0.1, -0.05) is 59.8 Å². The lowest BCUT2D eigenvalue weighted by molar-refractivity contribution is 0.302. The molecule has 8 heteroatoms. The van der Waals surface area contributed by atoms with Crippen LogP contribution in [0.3, 0.4) is 0 Å². The molecule has 33 heavy (non-hydrogen) atoms. The Kier molecular flexibility index (Phi) is 7.54. The summed E-state index contributed by atoms with van der Waals surface area (Å²) >= 11 is 7.75. The van der Waals surface area contributed by atoms with Gasteiger partial charge in [0.15, 0.2) is 11.0 Å². The molecule has 6 nitrogen and oxygen atoms in total. The molecule has 1 N–H and O–H groups in total. The van der Waals surface area contributed by atoms with E-state index in [2.05, 4.69) is 19.7 Å². The van der Waals surface area contributed by atoms with E-state index in [9.17, 15) is 5.11 Å². The lowest BCUT2D eigenvalue weighted by Crippen LogP contribution is -2.20. The fourth-order valence-corrected chi connectivity index (χ4v) is 4.64. The van der Waals surface area contributed by atoms with E-state index < -0.39 is 0 Å². The van der Waals surface area contributed by atoms with E-state index in [1.165, 1.54) is 0 Å². The Balaban J connectivity index is 1.61. The van der Waals surface area contributed by atoms with Crippen molar-refractivity contribution in [2.45, 2.75) is 24.0 Å². The zero-order valence-corrected chi connectivity index (χ0v) is 20.1. The molecular weight excluding hydrogens is 456 g/mol. The number of para-hydroxylation sites is 1. The molecule has 0 aliphatic rings. The van der Waals surface area contributed by atoms with Crippen molar-refractivity contribution in [1.29, 1.82) is 0 Å². The Morgan fingerprint density at radius 1 is 1.00 bits per heavy atom. The monoisotopic (exact) mass is 480 g/mol. The number of methoxy groups -OCH3 is 1. The summed E-state index contributed by atoms with van der Waals surface area (Å²) in [6.45, 7) is 1.14. The molecule has 0 saturated carbocycles. The van der Waals surface area contributed by atoms with Crippen LogP contribution < -0.4 is 4.74 Å². The van der Waals surface area contributed by atoms with Gasteiger partial charge in [-0.15, -0.1) is 10.2 Å². The van der Waals surface area contributed by atoms with Crippen LogP contribution in [-0.4, -0.2) is 38.9 Å². The van der Waals surface area contributed by atoms with Gasteiger partial charge < -0.3 is 9.84 Å². The molecule has 0 radical (unpaired) electrons. The molecule has 1 heterocycles. The fourth-order valence-electron chi connectivity index (χ4n) is 3.51. The van der Waals surface area contributed by atoms with E-state index >= 15 is 0 Å². The fraction of sp³-hybridized carbons (Fsp3) is 0.200. The van der Waals surface area contributed by atoms with Crippen molar-refractivity contribution in [3.05, 3.63) is 94.8 Å². The Labute approximate surface area is 202 Å². The summed E-state index contributed by atoms with van der Waals surface area (Å²) < 4.78 is 7.49. The molecule has 0 spiro atoms. The number of phenolic OH excluding ortho intramolecular Hbond substituents is 1. The van der Waals surface area contributed by atoms with E-state index in [1.54, 1.807) is 24.9 Å². The number of aromatic hydroxyl groups is 1. The molecule has 3 aromatic carbocycles. The van der Waals surface area contributed by atoms with Crippen LogP contribution in [0.1, 0.15) is 17.0 Å². The average Bonchev–Trinajstić information content (AvgIpc) is 3.21. The number of hydrogen-bond donors (Lipinski definition) is 1. The maximum atomic E-state index is 10.1. The minimum absolute atomic E-state index is 0.288. The quantitative estimate of drug-likeness (QED) is 0.316.